The maximum absolute atomic E-state index is 12.9. The first-order valence-corrected chi connectivity index (χ1v) is 9.66. The number of hydrogen-bond donors (Lipinski definition) is 1. The number of fused-ring (bicyclic) bond motifs is 1. The summed E-state index contributed by atoms with van der Waals surface area (Å²) in [5.41, 5.74) is 0. The molecular weight excluding hydrogens is 330 g/mol. The van der Waals surface area contributed by atoms with Crippen molar-refractivity contribution in [2.75, 3.05) is 45.9 Å². The second-order valence-corrected chi connectivity index (χ2v) is 7.70. The Morgan fingerprint density at radius 3 is 2.50 bits per heavy atom. The highest BCUT2D eigenvalue weighted by Crippen LogP contribution is 2.29. The van der Waals surface area contributed by atoms with Crippen molar-refractivity contribution in [1.82, 2.24) is 15.1 Å². The number of amides is 2. The number of para-hydroxylation sites is 1. The molecule has 1 N–H and O–H groups in total. The number of hydrogen-bond acceptors (Lipinski definition) is 4. The van der Waals surface area contributed by atoms with Gasteiger partial charge in [0.2, 0.25) is 5.91 Å². The quantitative estimate of drug-likeness (QED) is 0.873. The van der Waals surface area contributed by atoms with E-state index in [-0.39, 0.29) is 24.3 Å². The van der Waals surface area contributed by atoms with E-state index in [1.165, 1.54) is 0 Å². The van der Waals surface area contributed by atoms with E-state index < -0.39 is 0 Å². The minimum Gasteiger partial charge on any atom is -0.484 e. The van der Waals surface area contributed by atoms with E-state index in [0.717, 1.165) is 45.6 Å². The van der Waals surface area contributed by atoms with E-state index in [0.29, 0.717) is 24.1 Å². The van der Waals surface area contributed by atoms with Crippen molar-refractivity contribution in [2.45, 2.75) is 12.8 Å². The molecule has 0 radical (unpaired) electrons. The monoisotopic (exact) mass is 357 g/mol. The fraction of sp³-hybridized carbons (Fsp3) is 0.600. The van der Waals surface area contributed by atoms with Gasteiger partial charge in [0, 0.05) is 39.3 Å². The fourth-order valence-corrected chi connectivity index (χ4v) is 4.45. The van der Waals surface area contributed by atoms with Crippen molar-refractivity contribution in [3.05, 3.63) is 30.3 Å². The summed E-state index contributed by atoms with van der Waals surface area (Å²) in [7, 11) is 0. The van der Waals surface area contributed by atoms with Crippen LogP contribution in [0.1, 0.15) is 12.8 Å². The van der Waals surface area contributed by atoms with Crippen LogP contribution in [-0.2, 0) is 9.59 Å². The Hall–Kier alpha value is -2.08. The van der Waals surface area contributed by atoms with E-state index in [1.54, 1.807) is 4.90 Å². The van der Waals surface area contributed by atoms with Gasteiger partial charge in [-0.25, -0.2) is 0 Å². The molecule has 3 saturated heterocycles. The summed E-state index contributed by atoms with van der Waals surface area (Å²) in [5.74, 6) is 2.06. The molecule has 3 heterocycles. The van der Waals surface area contributed by atoms with Crippen LogP contribution in [0.3, 0.4) is 0 Å². The summed E-state index contributed by atoms with van der Waals surface area (Å²) in [6.07, 6.45) is 1.77. The molecule has 1 aromatic rings. The first-order chi connectivity index (χ1) is 12.7. The zero-order valence-electron chi connectivity index (χ0n) is 15.1. The molecule has 0 spiro atoms. The van der Waals surface area contributed by atoms with Crippen LogP contribution in [-0.4, -0.2) is 67.5 Å². The Morgan fingerprint density at radius 1 is 1.04 bits per heavy atom. The minimum atomic E-state index is -0.0591. The van der Waals surface area contributed by atoms with Crippen LogP contribution >= 0.6 is 0 Å². The second kappa shape index (κ2) is 7.66. The second-order valence-electron chi connectivity index (χ2n) is 7.70. The van der Waals surface area contributed by atoms with Crippen molar-refractivity contribution in [3.63, 3.8) is 0 Å². The lowest BCUT2D eigenvalue weighted by molar-refractivity contribution is -0.141. The lowest BCUT2D eigenvalue weighted by Gasteiger charge is -2.34. The maximum atomic E-state index is 12.9. The lowest BCUT2D eigenvalue weighted by atomic mass is 9.96. The van der Waals surface area contributed by atoms with Gasteiger partial charge in [0.25, 0.3) is 5.91 Å². The van der Waals surface area contributed by atoms with Gasteiger partial charge < -0.3 is 19.9 Å². The average molecular weight is 357 g/mol. The molecule has 4 rings (SSSR count). The van der Waals surface area contributed by atoms with E-state index in [4.69, 9.17) is 4.74 Å². The Balaban J connectivity index is 1.29. The SMILES string of the molecule is O=C(COc1ccccc1)N1CCCC(C(=O)N2C[C@H]3CNC[C@H]3C2)C1. The summed E-state index contributed by atoms with van der Waals surface area (Å²) in [4.78, 5) is 29.2. The molecule has 26 heavy (non-hydrogen) atoms. The van der Waals surface area contributed by atoms with Gasteiger partial charge in [-0.3, -0.25) is 9.59 Å². The first-order valence-electron chi connectivity index (χ1n) is 9.66. The van der Waals surface area contributed by atoms with Gasteiger partial charge in [0.05, 0.1) is 5.92 Å². The zero-order valence-corrected chi connectivity index (χ0v) is 15.1. The highest BCUT2D eigenvalue weighted by molar-refractivity contribution is 5.82. The Labute approximate surface area is 154 Å². The third-order valence-corrected chi connectivity index (χ3v) is 5.93. The van der Waals surface area contributed by atoms with Crippen molar-refractivity contribution in [1.29, 1.82) is 0 Å². The highest BCUT2D eigenvalue weighted by Gasteiger charge is 2.40. The number of nitrogens with one attached hydrogen (secondary N) is 1. The number of carbonyl (C=O) groups is 2. The first kappa shape index (κ1) is 17.3. The third-order valence-electron chi connectivity index (χ3n) is 5.93. The van der Waals surface area contributed by atoms with Crippen LogP contribution in [0.25, 0.3) is 0 Å². The summed E-state index contributed by atoms with van der Waals surface area (Å²) < 4.78 is 5.57. The molecule has 3 fully saturated rings. The van der Waals surface area contributed by atoms with Crippen LogP contribution in [0.15, 0.2) is 30.3 Å². The predicted molar refractivity (Wildman–Crippen MR) is 97.7 cm³/mol. The van der Waals surface area contributed by atoms with Crippen molar-refractivity contribution in [2.24, 2.45) is 17.8 Å². The Kier molecular flexibility index (Phi) is 5.11. The topological polar surface area (TPSA) is 61.9 Å². The number of likely N-dealkylation sites (tertiary alicyclic amines) is 2. The molecule has 3 aliphatic heterocycles. The molecule has 0 saturated carbocycles. The van der Waals surface area contributed by atoms with Crippen molar-refractivity contribution >= 4 is 11.8 Å². The molecule has 2 amide bonds. The number of ether oxygens (including phenoxy) is 1. The van der Waals surface area contributed by atoms with E-state index in [1.807, 2.05) is 35.2 Å². The van der Waals surface area contributed by atoms with Gasteiger partial charge in [-0.2, -0.15) is 0 Å². The molecule has 1 aromatic carbocycles. The molecule has 0 bridgehead atoms. The Morgan fingerprint density at radius 2 is 1.77 bits per heavy atom. The van der Waals surface area contributed by atoms with Crippen molar-refractivity contribution in [3.8, 4) is 5.75 Å². The van der Waals surface area contributed by atoms with Crippen LogP contribution in [0.2, 0.25) is 0 Å². The summed E-state index contributed by atoms with van der Waals surface area (Å²) in [6, 6.07) is 9.37. The van der Waals surface area contributed by atoms with Crippen LogP contribution < -0.4 is 10.1 Å². The number of piperidine rings is 1. The Bertz CT molecular complexity index is 639. The van der Waals surface area contributed by atoms with Gasteiger partial charge in [-0.05, 0) is 36.8 Å². The number of rotatable bonds is 4. The number of benzene rings is 1. The number of carbonyl (C=O) groups excluding carboxylic acids is 2. The van der Waals surface area contributed by atoms with E-state index in [2.05, 4.69) is 5.32 Å². The maximum Gasteiger partial charge on any atom is 0.260 e. The summed E-state index contributed by atoms with van der Waals surface area (Å²) in [6.45, 7) is 5.08. The van der Waals surface area contributed by atoms with Gasteiger partial charge in [-0.15, -0.1) is 0 Å². The molecule has 0 aromatic heterocycles. The highest BCUT2D eigenvalue weighted by atomic mass is 16.5. The summed E-state index contributed by atoms with van der Waals surface area (Å²) >= 11 is 0. The molecule has 1 unspecified atom stereocenters. The smallest absolute Gasteiger partial charge is 0.260 e. The van der Waals surface area contributed by atoms with E-state index in [9.17, 15) is 9.59 Å². The van der Waals surface area contributed by atoms with Crippen LogP contribution in [0.5, 0.6) is 5.75 Å². The van der Waals surface area contributed by atoms with Crippen LogP contribution in [0, 0.1) is 17.8 Å². The van der Waals surface area contributed by atoms with Gasteiger partial charge >= 0.3 is 0 Å². The van der Waals surface area contributed by atoms with Gasteiger partial charge in [-0.1, -0.05) is 18.2 Å². The standard InChI is InChI=1S/C20H27N3O3/c24-19(14-26-18-6-2-1-3-7-18)22-8-4-5-15(11-22)20(25)23-12-16-9-21-10-17(16)13-23/h1-3,6-7,15-17,21H,4-5,8-14H2/t15?,16-,17+. The molecule has 140 valence electrons. The molecule has 0 aliphatic carbocycles. The predicted octanol–water partition coefficient (Wildman–Crippen LogP) is 0.982. The van der Waals surface area contributed by atoms with Gasteiger partial charge in [0.15, 0.2) is 6.61 Å². The molecule has 3 aliphatic rings. The average Bonchev–Trinajstić information content (AvgIpc) is 3.28. The molecule has 3 atom stereocenters. The fourth-order valence-electron chi connectivity index (χ4n) is 4.45. The molecule has 6 nitrogen and oxygen atoms in total. The normalized spacial score (nSPS) is 28.1. The molecule has 6 heteroatoms. The van der Waals surface area contributed by atoms with Crippen LogP contribution in [0.4, 0.5) is 0 Å². The summed E-state index contributed by atoms with van der Waals surface area (Å²) in [5, 5.41) is 3.41. The molecular formula is C20H27N3O3. The zero-order chi connectivity index (χ0) is 17.9. The van der Waals surface area contributed by atoms with Gasteiger partial charge in [0.1, 0.15) is 5.75 Å². The van der Waals surface area contributed by atoms with Crippen molar-refractivity contribution < 1.29 is 14.3 Å². The number of nitrogens with zero attached hydrogens (tertiary/aromatic N) is 2. The minimum absolute atomic E-state index is 0.0322. The lowest BCUT2D eigenvalue weighted by Crippen LogP contribution is -2.47. The largest absolute Gasteiger partial charge is 0.484 e. The third kappa shape index (κ3) is 3.70. The van der Waals surface area contributed by atoms with E-state index >= 15 is 0 Å².